The van der Waals surface area contributed by atoms with Crippen LogP contribution in [0.25, 0.3) is 0 Å². The molecule has 0 amide bonds. The first-order valence-electron chi connectivity index (χ1n) is 4.96. The molecule has 3 heteroatoms. The molecule has 0 spiro atoms. The SMILES string of the molecule is CC(C)(C)COc1ccccc1C(=N)N. The Hall–Kier alpha value is -1.51. The molecule has 3 N–H and O–H groups in total. The van der Waals surface area contributed by atoms with Crippen molar-refractivity contribution in [2.45, 2.75) is 20.8 Å². The Kier molecular flexibility index (Phi) is 3.35. The normalized spacial score (nSPS) is 11.1. The third-order valence-corrected chi connectivity index (χ3v) is 1.84. The Bertz CT molecular complexity index is 353. The predicted octanol–water partition coefficient (Wildman–Crippen LogP) is 2.40. The molecule has 0 fully saturated rings. The van der Waals surface area contributed by atoms with E-state index in [0.29, 0.717) is 17.9 Å². The highest BCUT2D eigenvalue weighted by Crippen LogP contribution is 2.21. The molecule has 1 aromatic carbocycles. The maximum absolute atomic E-state index is 7.41. The lowest BCUT2D eigenvalue weighted by Gasteiger charge is -2.20. The quantitative estimate of drug-likeness (QED) is 0.589. The van der Waals surface area contributed by atoms with Crippen molar-refractivity contribution in [1.29, 1.82) is 5.41 Å². The molecular formula is C12H18N2O. The van der Waals surface area contributed by atoms with Crippen LogP contribution in [0.15, 0.2) is 24.3 Å². The first kappa shape index (κ1) is 11.6. The Morgan fingerprint density at radius 1 is 1.33 bits per heavy atom. The van der Waals surface area contributed by atoms with E-state index in [0.717, 1.165) is 0 Å². The number of nitrogens with two attached hydrogens (primary N) is 1. The maximum Gasteiger partial charge on any atom is 0.130 e. The number of hydrogen-bond donors (Lipinski definition) is 2. The Morgan fingerprint density at radius 3 is 2.47 bits per heavy atom. The number of nitrogens with one attached hydrogen (secondary N) is 1. The zero-order valence-corrected chi connectivity index (χ0v) is 9.50. The van der Waals surface area contributed by atoms with Crippen molar-refractivity contribution in [3.05, 3.63) is 29.8 Å². The highest BCUT2D eigenvalue weighted by atomic mass is 16.5. The summed E-state index contributed by atoms with van der Waals surface area (Å²) in [4.78, 5) is 0. The zero-order chi connectivity index (χ0) is 11.5. The van der Waals surface area contributed by atoms with Crippen LogP contribution < -0.4 is 10.5 Å². The van der Waals surface area contributed by atoms with Crippen molar-refractivity contribution in [2.75, 3.05) is 6.61 Å². The predicted molar refractivity (Wildman–Crippen MR) is 62.4 cm³/mol. The molecule has 3 nitrogen and oxygen atoms in total. The molecule has 0 aliphatic carbocycles. The number of hydrogen-bond acceptors (Lipinski definition) is 2. The molecule has 0 aromatic heterocycles. The van der Waals surface area contributed by atoms with Crippen molar-refractivity contribution in [2.24, 2.45) is 11.1 Å². The van der Waals surface area contributed by atoms with Gasteiger partial charge in [-0.2, -0.15) is 0 Å². The minimum atomic E-state index is 0.0412. The molecule has 0 radical (unpaired) electrons. The van der Waals surface area contributed by atoms with Gasteiger partial charge in [0.05, 0.1) is 12.2 Å². The molecule has 0 saturated carbocycles. The lowest BCUT2D eigenvalue weighted by molar-refractivity contribution is 0.197. The summed E-state index contributed by atoms with van der Waals surface area (Å²) < 4.78 is 5.64. The number of ether oxygens (including phenoxy) is 1. The zero-order valence-electron chi connectivity index (χ0n) is 9.50. The highest BCUT2D eigenvalue weighted by molar-refractivity contribution is 5.97. The largest absolute Gasteiger partial charge is 0.492 e. The van der Waals surface area contributed by atoms with Gasteiger partial charge in [0.25, 0.3) is 0 Å². The van der Waals surface area contributed by atoms with Gasteiger partial charge in [-0.3, -0.25) is 5.41 Å². The van der Waals surface area contributed by atoms with Gasteiger partial charge >= 0.3 is 0 Å². The summed E-state index contributed by atoms with van der Waals surface area (Å²) in [6.45, 7) is 6.91. The molecule has 0 aliphatic rings. The van der Waals surface area contributed by atoms with Gasteiger partial charge in [-0.25, -0.2) is 0 Å². The lowest BCUT2D eigenvalue weighted by Crippen LogP contribution is -2.19. The van der Waals surface area contributed by atoms with Gasteiger partial charge in [-0.05, 0) is 17.5 Å². The summed E-state index contributed by atoms with van der Waals surface area (Å²) in [7, 11) is 0. The number of benzene rings is 1. The third-order valence-electron chi connectivity index (χ3n) is 1.84. The summed E-state index contributed by atoms with van der Waals surface area (Å²) in [6, 6.07) is 7.36. The Morgan fingerprint density at radius 2 is 1.93 bits per heavy atom. The van der Waals surface area contributed by atoms with Crippen molar-refractivity contribution >= 4 is 5.84 Å². The van der Waals surface area contributed by atoms with Crippen molar-refractivity contribution in [1.82, 2.24) is 0 Å². The molecule has 0 unspecified atom stereocenters. The maximum atomic E-state index is 7.41. The van der Waals surface area contributed by atoms with Crippen LogP contribution in [0, 0.1) is 10.8 Å². The van der Waals surface area contributed by atoms with E-state index in [1.165, 1.54) is 0 Å². The minimum Gasteiger partial charge on any atom is -0.492 e. The highest BCUT2D eigenvalue weighted by Gasteiger charge is 2.13. The van der Waals surface area contributed by atoms with E-state index in [9.17, 15) is 0 Å². The Balaban J connectivity index is 2.81. The second-order valence-electron chi connectivity index (χ2n) is 4.76. The van der Waals surface area contributed by atoms with Crippen LogP contribution in [-0.2, 0) is 0 Å². The average Bonchev–Trinajstić information content (AvgIpc) is 2.14. The average molecular weight is 206 g/mol. The first-order valence-corrected chi connectivity index (χ1v) is 4.96. The van der Waals surface area contributed by atoms with Crippen LogP contribution >= 0.6 is 0 Å². The number of nitrogen functional groups attached to an aromatic ring is 1. The van der Waals surface area contributed by atoms with Crippen LogP contribution in [0.4, 0.5) is 0 Å². The standard InChI is InChI=1S/C12H18N2O/c1-12(2,3)8-15-10-7-5-4-6-9(10)11(13)14/h4-7H,8H2,1-3H3,(H3,13,14). The van der Waals surface area contributed by atoms with E-state index in [4.69, 9.17) is 15.9 Å². The first-order chi connectivity index (χ1) is 6.90. The summed E-state index contributed by atoms with van der Waals surface area (Å²) in [5.41, 5.74) is 6.21. The van der Waals surface area contributed by atoms with Crippen molar-refractivity contribution < 1.29 is 4.74 Å². The fourth-order valence-corrected chi connectivity index (χ4v) is 1.11. The molecule has 0 aliphatic heterocycles. The van der Waals surface area contributed by atoms with Gasteiger partial charge < -0.3 is 10.5 Å². The van der Waals surface area contributed by atoms with Gasteiger partial charge in [0.15, 0.2) is 0 Å². The van der Waals surface area contributed by atoms with E-state index in [2.05, 4.69) is 20.8 Å². The summed E-state index contributed by atoms with van der Waals surface area (Å²) >= 11 is 0. The summed E-state index contributed by atoms with van der Waals surface area (Å²) in [5, 5.41) is 7.41. The molecule has 0 bridgehead atoms. The summed E-state index contributed by atoms with van der Waals surface area (Å²) in [6.07, 6.45) is 0. The fraction of sp³-hybridized carbons (Fsp3) is 0.417. The molecular weight excluding hydrogens is 188 g/mol. The van der Waals surface area contributed by atoms with E-state index in [-0.39, 0.29) is 11.3 Å². The molecule has 82 valence electrons. The number of amidine groups is 1. The van der Waals surface area contributed by atoms with E-state index >= 15 is 0 Å². The van der Waals surface area contributed by atoms with Gasteiger partial charge in [-0.15, -0.1) is 0 Å². The lowest BCUT2D eigenvalue weighted by atomic mass is 9.98. The number of para-hydroxylation sites is 1. The van der Waals surface area contributed by atoms with Gasteiger partial charge in [0, 0.05) is 0 Å². The molecule has 1 aromatic rings. The van der Waals surface area contributed by atoms with Crippen molar-refractivity contribution in [3.8, 4) is 5.75 Å². The fourth-order valence-electron chi connectivity index (χ4n) is 1.11. The van der Waals surface area contributed by atoms with Gasteiger partial charge in [0.2, 0.25) is 0 Å². The number of rotatable bonds is 3. The monoisotopic (exact) mass is 206 g/mol. The molecule has 0 atom stereocenters. The topological polar surface area (TPSA) is 59.1 Å². The molecule has 1 rings (SSSR count). The Labute approximate surface area is 90.8 Å². The second kappa shape index (κ2) is 4.34. The van der Waals surface area contributed by atoms with Gasteiger partial charge in [-0.1, -0.05) is 32.9 Å². The van der Waals surface area contributed by atoms with Crippen molar-refractivity contribution in [3.63, 3.8) is 0 Å². The van der Waals surface area contributed by atoms with Crippen LogP contribution in [0.1, 0.15) is 26.3 Å². The van der Waals surface area contributed by atoms with Crippen LogP contribution in [0.3, 0.4) is 0 Å². The third kappa shape index (κ3) is 3.62. The van der Waals surface area contributed by atoms with E-state index < -0.39 is 0 Å². The summed E-state index contributed by atoms with van der Waals surface area (Å²) in [5.74, 6) is 0.722. The van der Waals surface area contributed by atoms with E-state index in [1.54, 1.807) is 6.07 Å². The second-order valence-corrected chi connectivity index (χ2v) is 4.76. The van der Waals surface area contributed by atoms with Crippen LogP contribution in [0.2, 0.25) is 0 Å². The smallest absolute Gasteiger partial charge is 0.130 e. The molecule has 0 saturated heterocycles. The molecule has 0 heterocycles. The minimum absolute atomic E-state index is 0.0412. The van der Waals surface area contributed by atoms with Crippen LogP contribution in [0.5, 0.6) is 5.75 Å². The van der Waals surface area contributed by atoms with E-state index in [1.807, 2.05) is 18.2 Å². The van der Waals surface area contributed by atoms with Gasteiger partial charge in [0.1, 0.15) is 11.6 Å². The molecule has 15 heavy (non-hydrogen) atoms. The van der Waals surface area contributed by atoms with Crippen LogP contribution in [-0.4, -0.2) is 12.4 Å².